The summed E-state index contributed by atoms with van der Waals surface area (Å²) in [7, 11) is 0. The molecule has 0 aliphatic heterocycles. The molecular formula is C31H28S2. The molecule has 2 heteroatoms. The molecule has 0 N–H and O–H groups in total. The first-order chi connectivity index (χ1) is 15.9. The van der Waals surface area contributed by atoms with Gasteiger partial charge in [0, 0.05) is 21.6 Å². The van der Waals surface area contributed by atoms with Crippen molar-refractivity contribution in [3.8, 4) is 20.9 Å². The second-order valence-electron chi connectivity index (χ2n) is 10.1. The van der Waals surface area contributed by atoms with E-state index in [0.717, 1.165) is 0 Å². The Morgan fingerprint density at radius 3 is 1.48 bits per heavy atom. The molecule has 0 amide bonds. The molecule has 0 radical (unpaired) electrons. The molecule has 0 saturated carbocycles. The van der Waals surface area contributed by atoms with Gasteiger partial charge in [0.1, 0.15) is 0 Å². The first-order valence-corrected chi connectivity index (χ1v) is 13.4. The van der Waals surface area contributed by atoms with E-state index in [1.807, 2.05) is 22.7 Å². The molecule has 2 aromatic carbocycles. The highest BCUT2D eigenvalue weighted by molar-refractivity contribution is 7.13. The van der Waals surface area contributed by atoms with E-state index in [9.17, 15) is 0 Å². The molecular weight excluding hydrogens is 436 g/mol. The van der Waals surface area contributed by atoms with Gasteiger partial charge in [-0.05, 0) is 87.7 Å². The molecule has 0 spiro atoms. The Hall–Kier alpha value is -2.68. The van der Waals surface area contributed by atoms with Crippen molar-refractivity contribution in [1.29, 1.82) is 0 Å². The summed E-state index contributed by atoms with van der Waals surface area (Å²) in [5, 5.41) is 4.34. The number of hydrogen-bond donors (Lipinski definition) is 0. The van der Waals surface area contributed by atoms with Crippen molar-refractivity contribution in [3.63, 3.8) is 0 Å². The van der Waals surface area contributed by atoms with Gasteiger partial charge in [0.05, 0.1) is 0 Å². The summed E-state index contributed by atoms with van der Waals surface area (Å²) in [6.07, 6.45) is 4.83. The Bertz CT molecular complexity index is 1290. The third-order valence-corrected chi connectivity index (χ3v) is 9.41. The maximum absolute atomic E-state index is 2.48. The van der Waals surface area contributed by atoms with Crippen LogP contribution in [-0.4, -0.2) is 0 Å². The number of allylic oxidation sites excluding steroid dienone is 2. The minimum atomic E-state index is 0.0554. The summed E-state index contributed by atoms with van der Waals surface area (Å²) in [5.74, 6) is 0.800. The fraction of sp³-hybridized carbons (Fsp3) is 0.226. The molecule has 33 heavy (non-hydrogen) atoms. The monoisotopic (exact) mass is 464 g/mol. The zero-order valence-corrected chi connectivity index (χ0v) is 21.2. The summed E-state index contributed by atoms with van der Waals surface area (Å²) in [5.41, 5.74) is 11.4. The number of thiophene rings is 2. The van der Waals surface area contributed by atoms with Gasteiger partial charge in [0.2, 0.25) is 0 Å². The van der Waals surface area contributed by atoms with Crippen molar-refractivity contribution in [1.82, 2.24) is 0 Å². The minimum absolute atomic E-state index is 0.0554. The highest BCUT2D eigenvalue weighted by Crippen LogP contribution is 2.58. The van der Waals surface area contributed by atoms with Gasteiger partial charge >= 0.3 is 0 Å². The number of hydrogen-bond acceptors (Lipinski definition) is 2. The lowest BCUT2D eigenvalue weighted by Crippen LogP contribution is -2.29. The lowest BCUT2D eigenvalue weighted by Gasteiger charge is -2.41. The molecule has 6 rings (SSSR count). The summed E-state index contributed by atoms with van der Waals surface area (Å²) >= 11 is 3.64. The quantitative estimate of drug-likeness (QED) is 0.282. The largest absolute Gasteiger partial charge is 0.144 e. The normalized spacial score (nSPS) is 19.3. The standard InChI is InChI=1S/C31H28S2/c1-19-15-21-9-11-23(27-7-5-13-32-27)17-25(21)29(19)31(3,4)30-20(2)16-22-10-12-24(18-26(22)30)28-8-6-14-33-28/h5-18,29-30H,1-4H3. The van der Waals surface area contributed by atoms with Crippen molar-refractivity contribution in [2.45, 2.75) is 39.5 Å². The van der Waals surface area contributed by atoms with E-state index in [4.69, 9.17) is 0 Å². The summed E-state index contributed by atoms with van der Waals surface area (Å²) in [6, 6.07) is 22.9. The first-order valence-electron chi connectivity index (χ1n) is 11.7. The fourth-order valence-corrected chi connectivity index (χ4v) is 7.84. The third kappa shape index (κ3) is 3.31. The zero-order valence-electron chi connectivity index (χ0n) is 19.6. The van der Waals surface area contributed by atoms with E-state index in [1.165, 1.54) is 54.3 Å². The Kier molecular flexibility index (Phi) is 4.87. The number of rotatable bonds is 4. The summed E-state index contributed by atoms with van der Waals surface area (Å²) < 4.78 is 0. The van der Waals surface area contributed by atoms with Crippen LogP contribution in [0.15, 0.2) is 82.6 Å². The van der Waals surface area contributed by atoms with E-state index in [2.05, 4.69) is 111 Å². The van der Waals surface area contributed by atoms with Crippen LogP contribution in [0.2, 0.25) is 0 Å². The van der Waals surface area contributed by atoms with Gasteiger partial charge in [-0.1, -0.05) is 73.5 Å². The maximum Gasteiger partial charge on any atom is 0.0342 e. The maximum atomic E-state index is 2.48. The molecule has 2 aliphatic rings. The molecule has 0 saturated heterocycles. The van der Waals surface area contributed by atoms with Crippen LogP contribution in [0.3, 0.4) is 0 Å². The molecule has 2 aromatic heterocycles. The molecule has 2 unspecified atom stereocenters. The van der Waals surface area contributed by atoms with Crippen LogP contribution in [0.25, 0.3) is 33.0 Å². The Morgan fingerprint density at radius 1 is 0.636 bits per heavy atom. The first kappa shape index (κ1) is 20.9. The Morgan fingerprint density at radius 2 is 1.09 bits per heavy atom. The van der Waals surface area contributed by atoms with Crippen molar-refractivity contribution in [2.75, 3.05) is 0 Å². The molecule has 164 valence electrons. The predicted molar refractivity (Wildman–Crippen MR) is 146 cm³/mol. The number of fused-ring (bicyclic) bond motifs is 2. The van der Waals surface area contributed by atoms with Crippen molar-refractivity contribution in [3.05, 3.63) is 105 Å². The van der Waals surface area contributed by atoms with Crippen molar-refractivity contribution >= 4 is 34.8 Å². The molecule has 2 atom stereocenters. The Labute approximate surface area is 205 Å². The van der Waals surface area contributed by atoms with Gasteiger partial charge < -0.3 is 0 Å². The van der Waals surface area contributed by atoms with Gasteiger partial charge in [0.25, 0.3) is 0 Å². The highest BCUT2D eigenvalue weighted by Gasteiger charge is 2.45. The minimum Gasteiger partial charge on any atom is -0.144 e. The smallest absolute Gasteiger partial charge is 0.0342 e. The third-order valence-electron chi connectivity index (χ3n) is 7.57. The van der Waals surface area contributed by atoms with Gasteiger partial charge in [-0.25, -0.2) is 0 Å². The van der Waals surface area contributed by atoms with E-state index in [0.29, 0.717) is 11.8 Å². The van der Waals surface area contributed by atoms with Crippen LogP contribution in [0.4, 0.5) is 0 Å². The Balaban J connectivity index is 1.45. The fourth-order valence-electron chi connectivity index (χ4n) is 6.39. The SMILES string of the molecule is CC1=Cc2ccc(-c3cccs3)cc2C1C(C)(C)C1C(C)=Cc2ccc(-c3cccs3)cc21. The van der Waals surface area contributed by atoms with E-state index in [1.54, 1.807) is 0 Å². The van der Waals surface area contributed by atoms with Crippen LogP contribution in [-0.2, 0) is 0 Å². The van der Waals surface area contributed by atoms with Crippen LogP contribution in [0, 0.1) is 5.41 Å². The second-order valence-corrected chi connectivity index (χ2v) is 12.0. The molecule has 0 nitrogen and oxygen atoms in total. The predicted octanol–water partition coefficient (Wildman–Crippen LogP) is 9.87. The van der Waals surface area contributed by atoms with Gasteiger partial charge in [0.15, 0.2) is 0 Å². The molecule has 0 bridgehead atoms. The van der Waals surface area contributed by atoms with Crippen molar-refractivity contribution in [2.24, 2.45) is 5.41 Å². The molecule has 4 aromatic rings. The average Bonchev–Trinajstić information content (AvgIpc) is 3.56. The zero-order chi connectivity index (χ0) is 22.7. The molecule has 0 fully saturated rings. The van der Waals surface area contributed by atoms with E-state index >= 15 is 0 Å². The lowest BCUT2D eigenvalue weighted by atomic mass is 9.62. The molecule has 2 aliphatic carbocycles. The molecule has 2 heterocycles. The highest BCUT2D eigenvalue weighted by atomic mass is 32.1. The second kappa shape index (κ2) is 7.68. The summed E-state index contributed by atoms with van der Waals surface area (Å²) in [6.45, 7) is 9.62. The van der Waals surface area contributed by atoms with Crippen LogP contribution in [0.5, 0.6) is 0 Å². The van der Waals surface area contributed by atoms with E-state index in [-0.39, 0.29) is 5.41 Å². The van der Waals surface area contributed by atoms with Gasteiger partial charge in [-0.15, -0.1) is 22.7 Å². The topological polar surface area (TPSA) is 0 Å². The van der Waals surface area contributed by atoms with Crippen molar-refractivity contribution < 1.29 is 0 Å². The average molecular weight is 465 g/mol. The van der Waals surface area contributed by atoms with Gasteiger partial charge in [-0.3, -0.25) is 0 Å². The van der Waals surface area contributed by atoms with Crippen LogP contribution in [0.1, 0.15) is 61.8 Å². The van der Waals surface area contributed by atoms with Crippen LogP contribution >= 0.6 is 22.7 Å². The summed E-state index contributed by atoms with van der Waals surface area (Å²) in [4.78, 5) is 2.70. The number of benzene rings is 2. The van der Waals surface area contributed by atoms with Gasteiger partial charge in [-0.2, -0.15) is 0 Å². The van der Waals surface area contributed by atoms with Crippen LogP contribution < -0.4 is 0 Å². The lowest BCUT2D eigenvalue weighted by molar-refractivity contribution is 0.275. The van der Waals surface area contributed by atoms with E-state index < -0.39 is 0 Å².